The molecule has 1 fully saturated rings. The first-order valence-electron chi connectivity index (χ1n) is 5.59. The van der Waals surface area contributed by atoms with Crippen molar-refractivity contribution in [2.45, 2.75) is 6.04 Å². The van der Waals surface area contributed by atoms with E-state index in [2.05, 4.69) is 10.6 Å². The average molecular weight is 235 g/mol. The molecule has 2 N–H and O–H groups in total. The minimum absolute atomic E-state index is 0.0818. The van der Waals surface area contributed by atoms with Crippen LogP contribution in [0.5, 0.6) is 5.75 Å². The Kier molecular flexibility index (Phi) is 3.49. The van der Waals surface area contributed by atoms with Gasteiger partial charge < -0.3 is 20.3 Å². The van der Waals surface area contributed by atoms with Gasteiger partial charge in [0.2, 0.25) is 0 Å². The second-order valence-electron chi connectivity index (χ2n) is 4.08. The highest BCUT2D eigenvalue weighted by atomic mass is 16.5. The third-order valence-electron chi connectivity index (χ3n) is 2.97. The first-order chi connectivity index (χ1) is 8.20. The molecule has 17 heavy (non-hydrogen) atoms. The van der Waals surface area contributed by atoms with Gasteiger partial charge in [-0.15, -0.1) is 0 Å². The lowest BCUT2D eigenvalue weighted by molar-refractivity contribution is 0.180. The van der Waals surface area contributed by atoms with Gasteiger partial charge >= 0.3 is 6.03 Å². The summed E-state index contributed by atoms with van der Waals surface area (Å²) in [6.07, 6.45) is 0. The van der Waals surface area contributed by atoms with E-state index in [9.17, 15) is 4.79 Å². The Bertz CT molecular complexity index is 387. The van der Waals surface area contributed by atoms with Crippen molar-refractivity contribution in [3.8, 4) is 5.75 Å². The molecular formula is C12H17N3O2. The predicted molar refractivity (Wildman–Crippen MR) is 66.4 cm³/mol. The zero-order chi connectivity index (χ0) is 12.3. The lowest BCUT2D eigenvalue weighted by Gasteiger charge is -2.35. The van der Waals surface area contributed by atoms with Gasteiger partial charge in [-0.1, -0.05) is 0 Å². The van der Waals surface area contributed by atoms with Crippen LogP contribution in [0.25, 0.3) is 0 Å². The molecule has 0 unspecified atom stereocenters. The van der Waals surface area contributed by atoms with E-state index >= 15 is 0 Å². The fraction of sp³-hybridized carbons (Fsp3) is 0.417. The number of likely N-dealkylation sites (N-methyl/N-ethyl adjacent to an activating group) is 1. The van der Waals surface area contributed by atoms with Crippen molar-refractivity contribution in [1.29, 1.82) is 0 Å². The highest BCUT2D eigenvalue weighted by molar-refractivity contribution is 5.89. The Morgan fingerprint density at radius 2 is 2.06 bits per heavy atom. The smallest absolute Gasteiger partial charge is 0.321 e. The van der Waals surface area contributed by atoms with Crippen molar-refractivity contribution in [2.24, 2.45) is 0 Å². The van der Waals surface area contributed by atoms with Crippen LogP contribution in [0, 0.1) is 0 Å². The molecule has 1 aliphatic rings. The summed E-state index contributed by atoms with van der Waals surface area (Å²) in [6.45, 7) is 1.74. The van der Waals surface area contributed by atoms with Gasteiger partial charge in [-0.25, -0.2) is 4.79 Å². The molecule has 0 radical (unpaired) electrons. The van der Waals surface area contributed by atoms with Crippen LogP contribution in [0.4, 0.5) is 10.5 Å². The number of ether oxygens (including phenoxy) is 1. The maximum atomic E-state index is 11.9. The molecule has 5 heteroatoms. The number of anilines is 1. The van der Waals surface area contributed by atoms with Gasteiger partial charge in [-0.2, -0.15) is 0 Å². The van der Waals surface area contributed by atoms with E-state index in [-0.39, 0.29) is 6.03 Å². The monoisotopic (exact) mass is 235 g/mol. The van der Waals surface area contributed by atoms with E-state index in [0.717, 1.165) is 24.5 Å². The molecule has 0 aromatic heterocycles. The third kappa shape index (κ3) is 2.68. The first kappa shape index (κ1) is 11.7. The summed E-state index contributed by atoms with van der Waals surface area (Å²) in [5.41, 5.74) is 0.773. The number of nitrogens with one attached hydrogen (secondary N) is 2. The van der Waals surface area contributed by atoms with Gasteiger partial charge in [0.15, 0.2) is 0 Å². The molecule has 1 aliphatic heterocycles. The van der Waals surface area contributed by atoms with Crippen molar-refractivity contribution in [3.05, 3.63) is 24.3 Å². The van der Waals surface area contributed by atoms with Crippen LogP contribution in [0.1, 0.15) is 0 Å². The van der Waals surface area contributed by atoms with Gasteiger partial charge in [-0.05, 0) is 24.3 Å². The number of hydrogen-bond acceptors (Lipinski definition) is 3. The summed E-state index contributed by atoms with van der Waals surface area (Å²) in [6, 6.07) is 7.50. The maximum absolute atomic E-state index is 11.9. The molecule has 2 rings (SSSR count). The SMILES string of the molecule is COc1ccc(NC(=O)N(C)C2CNC2)cc1. The number of amides is 2. The normalized spacial score (nSPS) is 14.9. The molecule has 0 aliphatic carbocycles. The number of carbonyl (C=O) groups excluding carboxylic acids is 1. The number of nitrogens with zero attached hydrogens (tertiary/aromatic N) is 1. The summed E-state index contributed by atoms with van der Waals surface area (Å²) in [4.78, 5) is 13.6. The minimum Gasteiger partial charge on any atom is -0.497 e. The maximum Gasteiger partial charge on any atom is 0.321 e. The van der Waals surface area contributed by atoms with Crippen LogP contribution in [-0.2, 0) is 0 Å². The number of carbonyl (C=O) groups is 1. The number of rotatable bonds is 3. The first-order valence-corrected chi connectivity index (χ1v) is 5.59. The Morgan fingerprint density at radius 3 is 2.53 bits per heavy atom. The summed E-state index contributed by atoms with van der Waals surface area (Å²) in [5, 5.41) is 5.98. The van der Waals surface area contributed by atoms with E-state index in [1.54, 1.807) is 12.0 Å². The number of benzene rings is 1. The standard InChI is InChI=1S/C12H17N3O2/c1-15(10-7-13-8-10)12(16)14-9-3-5-11(17-2)6-4-9/h3-6,10,13H,7-8H2,1-2H3,(H,14,16). The number of methoxy groups -OCH3 is 1. The quantitative estimate of drug-likeness (QED) is 0.825. The van der Waals surface area contributed by atoms with E-state index < -0.39 is 0 Å². The van der Waals surface area contributed by atoms with Crippen molar-refractivity contribution in [2.75, 3.05) is 32.6 Å². The summed E-state index contributed by atoms with van der Waals surface area (Å²) in [7, 11) is 3.43. The van der Waals surface area contributed by atoms with Gasteiger partial charge in [-0.3, -0.25) is 0 Å². The molecule has 0 bridgehead atoms. The third-order valence-corrected chi connectivity index (χ3v) is 2.97. The molecule has 0 spiro atoms. The predicted octanol–water partition coefficient (Wildman–Crippen LogP) is 1.13. The van der Waals surface area contributed by atoms with Crippen molar-refractivity contribution < 1.29 is 9.53 Å². The lowest BCUT2D eigenvalue weighted by Crippen LogP contribution is -2.58. The topological polar surface area (TPSA) is 53.6 Å². The van der Waals surface area contributed by atoms with Crippen LogP contribution < -0.4 is 15.4 Å². The van der Waals surface area contributed by atoms with Crippen LogP contribution in [-0.4, -0.2) is 44.2 Å². The lowest BCUT2D eigenvalue weighted by atomic mass is 10.1. The van der Waals surface area contributed by atoms with Gasteiger partial charge in [0.25, 0.3) is 0 Å². The summed E-state index contributed by atoms with van der Waals surface area (Å²) >= 11 is 0. The van der Waals surface area contributed by atoms with Crippen LogP contribution in [0.2, 0.25) is 0 Å². The van der Waals surface area contributed by atoms with E-state index in [4.69, 9.17) is 4.74 Å². The Labute approximate surface area is 101 Å². The van der Waals surface area contributed by atoms with Crippen LogP contribution in [0.3, 0.4) is 0 Å². The fourth-order valence-corrected chi connectivity index (χ4v) is 1.60. The zero-order valence-electron chi connectivity index (χ0n) is 10.1. The summed E-state index contributed by atoms with van der Waals surface area (Å²) < 4.78 is 5.05. The van der Waals surface area contributed by atoms with Crippen LogP contribution in [0.15, 0.2) is 24.3 Å². The van der Waals surface area contributed by atoms with Gasteiger partial charge in [0.1, 0.15) is 5.75 Å². The van der Waals surface area contributed by atoms with Crippen LogP contribution >= 0.6 is 0 Å². The summed E-state index contributed by atoms with van der Waals surface area (Å²) in [5.74, 6) is 0.777. The molecule has 0 atom stereocenters. The Morgan fingerprint density at radius 1 is 1.41 bits per heavy atom. The molecular weight excluding hydrogens is 218 g/mol. The second-order valence-corrected chi connectivity index (χ2v) is 4.08. The Balaban J connectivity index is 1.92. The molecule has 2 amide bonds. The highest BCUT2D eigenvalue weighted by Crippen LogP contribution is 2.15. The van der Waals surface area contributed by atoms with E-state index in [0.29, 0.717) is 6.04 Å². The highest BCUT2D eigenvalue weighted by Gasteiger charge is 2.25. The molecule has 0 saturated carbocycles. The molecule has 1 aromatic rings. The van der Waals surface area contributed by atoms with Crippen molar-refractivity contribution >= 4 is 11.7 Å². The average Bonchev–Trinajstić information content (AvgIpc) is 2.27. The fourth-order valence-electron chi connectivity index (χ4n) is 1.60. The number of urea groups is 1. The van der Waals surface area contributed by atoms with Gasteiger partial charge in [0, 0.05) is 25.8 Å². The van der Waals surface area contributed by atoms with Crippen molar-refractivity contribution in [3.63, 3.8) is 0 Å². The Hall–Kier alpha value is -1.75. The van der Waals surface area contributed by atoms with E-state index in [1.807, 2.05) is 31.3 Å². The molecule has 1 saturated heterocycles. The second kappa shape index (κ2) is 5.05. The molecule has 92 valence electrons. The largest absolute Gasteiger partial charge is 0.497 e. The number of hydrogen-bond donors (Lipinski definition) is 2. The zero-order valence-corrected chi connectivity index (χ0v) is 10.1. The molecule has 1 heterocycles. The molecule has 1 aromatic carbocycles. The van der Waals surface area contributed by atoms with E-state index in [1.165, 1.54) is 0 Å². The molecule has 5 nitrogen and oxygen atoms in total. The van der Waals surface area contributed by atoms with Crippen molar-refractivity contribution in [1.82, 2.24) is 10.2 Å². The minimum atomic E-state index is -0.0818. The van der Waals surface area contributed by atoms with Gasteiger partial charge in [0.05, 0.1) is 13.2 Å².